The molecular weight excluding hydrogens is 571 g/mol. The molecule has 0 spiro atoms. The number of halogens is 3. The van der Waals surface area contributed by atoms with Gasteiger partial charge in [-0.15, -0.1) is 0 Å². The molecule has 0 saturated heterocycles. The Balaban J connectivity index is 1.70. The third kappa shape index (κ3) is 6.16. The molecule has 3 N–H and O–H groups in total. The highest BCUT2D eigenvalue weighted by molar-refractivity contribution is 7.91. The second kappa shape index (κ2) is 11.6. The largest absolute Gasteiger partial charge is 0.384 e. The first-order valence-electron chi connectivity index (χ1n) is 11.8. The number of rotatable bonds is 7. The average molecular weight is 596 g/mol. The Morgan fingerprint density at radius 1 is 1.03 bits per heavy atom. The van der Waals surface area contributed by atoms with Gasteiger partial charge in [-0.3, -0.25) is 9.59 Å². The van der Waals surface area contributed by atoms with Gasteiger partial charge in [0.15, 0.2) is 9.84 Å². The van der Waals surface area contributed by atoms with Crippen molar-refractivity contribution in [2.75, 3.05) is 11.9 Å². The van der Waals surface area contributed by atoms with Crippen LogP contribution in [0.2, 0.25) is 15.1 Å². The van der Waals surface area contributed by atoms with Gasteiger partial charge in [0.25, 0.3) is 5.91 Å². The predicted octanol–water partition coefficient (Wildman–Crippen LogP) is 5.47. The highest BCUT2D eigenvalue weighted by Crippen LogP contribution is 2.42. The summed E-state index contributed by atoms with van der Waals surface area (Å²) in [4.78, 5) is 24.9. The molecule has 0 bridgehead atoms. The van der Waals surface area contributed by atoms with Crippen LogP contribution in [-0.2, 0) is 21.1 Å². The van der Waals surface area contributed by atoms with Crippen LogP contribution < -0.4 is 10.6 Å². The molecule has 200 valence electrons. The lowest BCUT2D eigenvalue weighted by Crippen LogP contribution is -2.38. The normalized spacial score (nSPS) is 17.8. The van der Waals surface area contributed by atoms with Gasteiger partial charge in [-0.05, 0) is 79.3 Å². The molecule has 0 saturated carbocycles. The standard InChI is InChI=1S/C27H25Cl3N2O5S/c1-15(33)26(34)31-14-16-10-17-8-9-19(32-27(35)25-22(29)6-3-7-23(25)30)13-21(17)24(11-16)38(36,37)20-5-2-4-18(28)12-20/h2-9,12-13,15-16,24,33H,10-11,14H2,1H3,(H,31,34)(H,32,35). The summed E-state index contributed by atoms with van der Waals surface area (Å²) in [5, 5.41) is 14.7. The van der Waals surface area contributed by atoms with E-state index in [-0.39, 0.29) is 39.4 Å². The summed E-state index contributed by atoms with van der Waals surface area (Å²) in [6, 6.07) is 15.9. The first kappa shape index (κ1) is 28.4. The number of hydrogen-bond donors (Lipinski definition) is 3. The summed E-state index contributed by atoms with van der Waals surface area (Å²) in [6.07, 6.45) is -0.452. The van der Waals surface area contributed by atoms with E-state index in [2.05, 4.69) is 10.6 Å². The molecule has 3 atom stereocenters. The number of sulfone groups is 1. The fraction of sp³-hybridized carbons (Fsp3) is 0.259. The van der Waals surface area contributed by atoms with Crippen molar-refractivity contribution in [3.63, 3.8) is 0 Å². The Morgan fingerprint density at radius 2 is 1.71 bits per heavy atom. The van der Waals surface area contributed by atoms with Crippen molar-refractivity contribution in [1.82, 2.24) is 5.32 Å². The molecule has 1 aliphatic carbocycles. The number of hydrogen-bond acceptors (Lipinski definition) is 5. The van der Waals surface area contributed by atoms with Crippen LogP contribution in [-0.4, -0.2) is 38.0 Å². The number of fused-ring (bicyclic) bond motifs is 1. The molecule has 4 rings (SSSR count). The minimum Gasteiger partial charge on any atom is -0.384 e. The highest BCUT2D eigenvalue weighted by Gasteiger charge is 2.37. The van der Waals surface area contributed by atoms with Gasteiger partial charge in [-0.2, -0.15) is 0 Å². The molecule has 0 aliphatic heterocycles. The lowest BCUT2D eigenvalue weighted by Gasteiger charge is -2.32. The van der Waals surface area contributed by atoms with Gasteiger partial charge in [-0.25, -0.2) is 8.42 Å². The zero-order valence-corrected chi connectivity index (χ0v) is 23.3. The van der Waals surface area contributed by atoms with E-state index in [4.69, 9.17) is 34.8 Å². The molecule has 0 radical (unpaired) electrons. The molecule has 11 heteroatoms. The van der Waals surface area contributed by atoms with Crippen LogP contribution in [0.15, 0.2) is 65.6 Å². The Kier molecular flexibility index (Phi) is 8.69. The van der Waals surface area contributed by atoms with Crippen LogP contribution in [0.1, 0.15) is 40.1 Å². The molecule has 2 amide bonds. The van der Waals surface area contributed by atoms with E-state index >= 15 is 0 Å². The number of aliphatic hydroxyl groups is 1. The number of carbonyl (C=O) groups is 2. The van der Waals surface area contributed by atoms with E-state index in [0.717, 1.165) is 5.56 Å². The van der Waals surface area contributed by atoms with Gasteiger partial charge >= 0.3 is 0 Å². The van der Waals surface area contributed by atoms with Crippen LogP contribution in [0.4, 0.5) is 5.69 Å². The van der Waals surface area contributed by atoms with E-state index in [0.29, 0.717) is 22.7 Å². The average Bonchev–Trinajstić information content (AvgIpc) is 2.86. The van der Waals surface area contributed by atoms with Crippen LogP contribution in [0.25, 0.3) is 0 Å². The SMILES string of the molecule is CC(O)C(=O)NCC1Cc2ccc(NC(=O)c3c(Cl)cccc3Cl)cc2C(S(=O)(=O)c2cccc(Cl)c2)C1. The molecule has 7 nitrogen and oxygen atoms in total. The Bertz CT molecular complexity index is 1470. The van der Waals surface area contributed by atoms with Crippen molar-refractivity contribution >= 4 is 62.1 Å². The number of amides is 2. The number of aliphatic hydroxyl groups excluding tert-OH is 1. The van der Waals surface area contributed by atoms with Crippen molar-refractivity contribution in [2.24, 2.45) is 5.92 Å². The van der Waals surface area contributed by atoms with Crippen LogP contribution in [0.3, 0.4) is 0 Å². The minimum atomic E-state index is -3.90. The Labute approximate surface area is 236 Å². The van der Waals surface area contributed by atoms with Crippen LogP contribution in [0, 0.1) is 5.92 Å². The van der Waals surface area contributed by atoms with Crippen LogP contribution in [0.5, 0.6) is 0 Å². The van der Waals surface area contributed by atoms with Gasteiger partial charge in [-0.1, -0.05) is 53.0 Å². The molecule has 3 aromatic rings. The van der Waals surface area contributed by atoms with Crippen molar-refractivity contribution in [2.45, 2.75) is 36.0 Å². The highest BCUT2D eigenvalue weighted by atomic mass is 35.5. The number of nitrogens with one attached hydrogen (secondary N) is 2. The topological polar surface area (TPSA) is 113 Å². The van der Waals surface area contributed by atoms with E-state index in [1.807, 2.05) is 0 Å². The Morgan fingerprint density at radius 3 is 2.37 bits per heavy atom. The quantitative estimate of drug-likeness (QED) is 0.335. The number of benzene rings is 3. The summed E-state index contributed by atoms with van der Waals surface area (Å²) in [5.74, 6) is -1.25. The van der Waals surface area contributed by atoms with Crippen molar-refractivity contribution < 1.29 is 23.1 Å². The molecule has 38 heavy (non-hydrogen) atoms. The maximum Gasteiger partial charge on any atom is 0.258 e. The van der Waals surface area contributed by atoms with Crippen molar-refractivity contribution in [3.05, 3.63) is 92.4 Å². The summed E-state index contributed by atoms with van der Waals surface area (Å²) < 4.78 is 27.7. The van der Waals surface area contributed by atoms with Gasteiger partial charge in [0.2, 0.25) is 5.91 Å². The number of anilines is 1. The molecule has 1 aliphatic rings. The van der Waals surface area contributed by atoms with Gasteiger partial charge < -0.3 is 15.7 Å². The molecule has 0 fully saturated rings. The first-order valence-corrected chi connectivity index (χ1v) is 14.5. The van der Waals surface area contributed by atoms with Crippen molar-refractivity contribution in [3.8, 4) is 0 Å². The van der Waals surface area contributed by atoms with Crippen molar-refractivity contribution in [1.29, 1.82) is 0 Å². The molecule has 3 unspecified atom stereocenters. The van der Waals surface area contributed by atoms with Gasteiger partial charge in [0, 0.05) is 17.3 Å². The second-order valence-electron chi connectivity index (χ2n) is 9.18. The van der Waals surface area contributed by atoms with E-state index in [1.54, 1.807) is 48.5 Å². The molecule has 0 heterocycles. The zero-order chi connectivity index (χ0) is 27.6. The Hall–Kier alpha value is -2.62. The second-order valence-corrected chi connectivity index (χ2v) is 12.6. The third-order valence-electron chi connectivity index (χ3n) is 6.44. The summed E-state index contributed by atoms with van der Waals surface area (Å²) >= 11 is 18.4. The fourth-order valence-corrected chi connectivity index (χ4v) is 7.33. The smallest absolute Gasteiger partial charge is 0.258 e. The molecule has 0 aromatic heterocycles. The maximum atomic E-state index is 13.8. The summed E-state index contributed by atoms with van der Waals surface area (Å²) in [5.41, 5.74) is 1.82. The summed E-state index contributed by atoms with van der Waals surface area (Å²) in [6.45, 7) is 1.57. The zero-order valence-electron chi connectivity index (χ0n) is 20.2. The third-order valence-corrected chi connectivity index (χ3v) is 9.41. The summed E-state index contributed by atoms with van der Waals surface area (Å²) in [7, 11) is -3.90. The van der Waals surface area contributed by atoms with E-state index in [1.165, 1.54) is 19.1 Å². The molecule has 3 aromatic carbocycles. The lowest BCUT2D eigenvalue weighted by atomic mass is 9.83. The minimum absolute atomic E-state index is 0.0758. The van der Waals surface area contributed by atoms with E-state index < -0.39 is 33.0 Å². The first-order chi connectivity index (χ1) is 18.0. The lowest BCUT2D eigenvalue weighted by molar-refractivity contribution is -0.128. The molecular formula is C27H25Cl3N2O5S. The monoisotopic (exact) mass is 594 g/mol. The van der Waals surface area contributed by atoms with Gasteiger partial charge in [0.05, 0.1) is 25.8 Å². The maximum absolute atomic E-state index is 13.8. The predicted molar refractivity (Wildman–Crippen MR) is 149 cm³/mol. The van der Waals surface area contributed by atoms with E-state index in [9.17, 15) is 23.1 Å². The van der Waals surface area contributed by atoms with Gasteiger partial charge in [0.1, 0.15) is 6.10 Å². The fourth-order valence-electron chi connectivity index (χ4n) is 4.54. The van der Waals surface area contributed by atoms with Crippen LogP contribution >= 0.6 is 34.8 Å². The number of carbonyl (C=O) groups excluding carboxylic acids is 2.